The molecule has 1 unspecified atom stereocenters. The minimum absolute atomic E-state index is 0.0830. The van der Waals surface area contributed by atoms with E-state index in [0.717, 1.165) is 16.7 Å². The molecule has 0 aromatic heterocycles. The molecule has 18 heavy (non-hydrogen) atoms. The first-order valence-electron chi connectivity index (χ1n) is 5.49. The number of hydrogen-bond acceptors (Lipinski definition) is 1. The Balaban J connectivity index is 2.45. The molecule has 94 valence electrons. The monoisotopic (exact) mass is 299 g/mol. The molecule has 0 spiro atoms. The van der Waals surface area contributed by atoms with Gasteiger partial charge in [-0.2, -0.15) is 0 Å². The van der Waals surface area contributed by atoms with Crippen LogP contribution in [0.25, 0.3) is 11.1 Å². The zero-order valence-corrected chi connectivity index (χ0v) is 12.0. The number of nitrogens with two attached hydrogens (primary N) is 1. The number of benzene rings is 2. The van der Waals surface area contributed by atoms with Crippen LogP contribution in [0.5, 0.6) is 0 Å². The van der Waals surface area contributed by atoms with Gasteiger partial charge in [-0.05, 0) is 41.8 Å². The Hall–Kier alpha value is -0.730. The van der Waals surface area contributed by atoms with Crippen LogP contribution in [-0.2, 0) is 0 Å². The summed E-state index contributed by atoms with van der Waals surface area (Å²) in [5.74, 6) is 0. The lowest BCUT2D eigenvalue weighted by atomic mass is 10.0. The van der Waals surface area contributed by atoms with Crippen molar-refractivity contribution in [3.8, 4) is 11.1 Å². The van der Waals surface area contributed by atoms with Crippen LogP contribution >= 0.6 is 34.8 Å². The van der Waals surface area contributed by atoms with E-state index in [1.165, 1.54) is 0 Å². The van der Waals surface area contributed by atoms with Crippen LogP contribution in [0.3, 0.4) is 0 Å². The molecule has 0 saturated carbocycles. The Labute approximate surface area is 121 Å². The van der Waals surface area contributed by atoms with E-state index in [4.69, 9.17) is 40.5 Å². The molecular formula is C14H12Cl3N. The zero-order chi connectivity index (χ0) is 13.3. The van der Waals surface area contributed by atoms with Gasteiger partial charge in [0.2, 0.25) is 0 Å². The highest BCUT2D eigenvalue weighted by Crippen LogP contribution is 2.31. The van der Waals surface area contributed by atoms with E-state index in [-0.39, 0.29) is 6.04 Å². The molecule has 0 aliphatic carbocycles. The summed E-state index contributed by atoms with van der Waals surface area (Å²) in [6, 6.07) is 11.2. The lowest BCUT2D eigenvalue weighted by Gasteiger charge is -2.10. The van der Waals surface area contributed by atoms with Crippen LogP contribution in [0.4, 0.5) is 0 Å². The molecule has 0 aliphatic heterocycles. The van der Waals surface area contributed by atoms with Crippen molar-refractivity contribution < 1.29 is 0 Å². The molecule has 2 N–H and O–H groups in total. The maximum Gasteiger partial charge on any atom is 0.0598 e. The fourth-order valence-corrected chi connectivity index (χ4v) is 2.40. The summed E-state index contributed by atoms with van der Waals surface area (Å²) in [6.07, 6.45) is 0. The van der Waals surface area contributed by atoms with Gasteiger partial charge in [0.15, 0.2) is 0 Å². The van der Waals surface area contributed by atoms with Gasteiger partial charge in [0.05, 0.1) is 10.0 Å². The van der Waals surface area contributed by atoms with E-state index < -0.39 is 0 Å². The van der Waals surface area contributed by atoms with Crippen LogP contribution in [0, 0.1) is 0 Å². The van der Waals surface area contributed by atoms with Gasteiger partial charge in [-0.3, -0.25) is 0 Å². The highest BCUT2D eigenvalue weighted by molar-refractivity contribution is 6.42. The Morgan fingerprint density at radius 2 is 1.39 bits per heavy atom. The van der Waals surface area contributed by atoms with Crippen molar-refractivity contribution in [2.24, 2.45) is 5.73 Å². The second-order valence-electron chi connectivity index (χ2n) is 4.15. The summed E-state index contributed by atoms with van der Waals surface area (Å²) in [4.78, 5) is 0. The van der Waals surface area contributed by atoms with Gasteiger partial charge in [-0.1, -0.05) is 53.0 Å². The Morgan fingerprint density at radius 1 is 0.833 bits per heavy atom. The predicted octanol–water partition coefficient (Wildman–Crippen LogP) is 5.33. The topological polar surface area (TPSA) is 26.0 Å². The van der Waals surface area contributed by atoms with Gasteiger partial charge in [0.25, 0.3) is 0 Å². The average molecular weight is 301 g/mol. The molecule has 2 rings (SSSR count). The number of rotatable bonds is 2. The molecule has 2 aromatic carbocycles. The van der Waals surface area contributed by atoms with Crippen LogP contribution in [0.15, 0.2) is 36.4 Å². The van der Waals surface area contributed by atoms with E-state index >= 15 is 0 Å². The quantitative estimate of drug-likeness (QED) is 0.796. The molecule has 0 aliphatic rings. The summed E-state index contributed by atoms with van der Waals surface area (Å²) < 4.78 is 0. The van der Waals surface area contributed by atoms with Crippen LogP contribution in [0.1, 0.15) is 18.5 Å². The van der Waals surface area contributed by atoms with Crippen molar-refractivity contribution in [2.75, 3.05) is 0 Å². The van der Waals surface area contributed by atoms with Crippen molar-refractivity contribution in [1.82, 2.24) is 0 Å². The standard InChI is InChI=1S/C14H12Cl3N/c1-8(18)11-4-2-9(6-13(11)16)10-3-5-12(15)14(17)7-10/h2-8H,18H2,1H3. The molecule has 0 bridgehead atoms. The highest BCUT2D eigenvalue weighted by Gasteiger charge is 2.08. The molecule has 0 radical (unpaired) electrons. The van der Waals surface area contributed by atoms with E-state index in [1.807, 2.05) is 37.3 Å². The zero-order valence-electron chi connectivity index (χ0n) is 9.75. The van der Waals surface area contributed by atoms with E-state index in [2.05, 4.69) is 0 Å². The molecule has 1 nitrogen and oxygen atoms in total. The Kier molecular flexibility index (Phi) is 4.18. The van der Waals surface area contributed by atoms with Crippen molar-refractivity contribution in [1.29, 1.82) is 0 Å². The predicted molar refractivity (Wildman–Crippen MR) is 79.5 cm³/mol. The van der Waals surface area contributed by atoms with Gasteiger partial charge >= 0.3 is 0 Å². The van der Waals surface area contributed by atoms with Crippen LogP contribution in [-0.4, -0.2) is 0 Å². The second-order valence-corrected chi connectivity index (χ2v) is 5.38. The molecule has 4 heteroatoms. The SMILES string of the molecule is CC(N)c1ccc(-c2ccc(Cl)c(Cl)c2)cc1Cl. The van der Waals surface area contributed by atoms with Crippen LogP contribution < -0.4 is 5.73 Å². The molecule has 0 saturated heterocycles. The summed E-state index contributed by atoms with van der Waals surface area (Å²) in [7, 11) is 0. The Morgan fingerprint density at radius 3 is 1.89 bits per heavy atom. The normalized spacial score (nSPS) is 12.5. The lowest BCUT2D eigenvalue weighted by Crippen LogP contribution is -2.05. The first-order valence-corrected chi connectivity index (χ1v) is 6.63. The molecule has 0 amide bonds. The maximum atomic E-state index is 6.21. The molecule has 0 fully saturated rings. The summed E-state index contributed by atoms with van der Waals surface area (Å²) in [5, 5.41) is 1.73. The minimum Gasteiger partial charge on any atom is -0.324 e. The second kappa shape index (κ2) is 5.50. The Bertz CT molecular complexity index is 579. The fraction of sp³-hybridized carbons (Fsp3) is 0.143. The third kappa shape index (κ3) is 2.81. The van der Waals surface area contributed by atoms with Crippen molar-refractivity contribution in [3.63, 3.8) is 0 Å². The fourth-order valence-electron chi connectivity index (χ4n) is 1.75. The smallest absolute Gasteiger partial charge is 0.0598 e. The van der Waals surface area contributed by atoms with E-state index in [0.29, 0.717) is 15.1 Å². The number of hydrogen-bond donors (Lipinski definition) is 1. The minimum atomic E-state index is -0.0830. The first kappa shape index (κ1) is 13.7. The average Bonchev–Trinajstić information content (AvgIpc) is 2.32. The molecule has 1 atom stereocenters. The summed E-state index contributed by atoms with van der Waals surface area (Å²) >= 11 is 18.1. The van der Waals surface area contributed by atoms with E-state index in [1.54, 1.807) is 6.07 Å². The van der Waals surface area contributed by atoms with Crippen molar-refractivity contribution in [3.05, 3.63) is 57.0 Å². The van der Waals surface area contributed by atoms with Gasteiger partial charge < -0.3 is 5.73 Å². The lowest BCUT2D eigenvalue weighted by molar-refractivity contribution is 0.819. The van der Waals surface area contributed by atoms with E-state index in [9.17, 15) is 0 Å². The van der Waals surface area contributed by atoms with Gasteiger partial charge in [-0.25, -0.2) is 0 Å². The molecule has 0 heterocycles. The summed E-state index contributed by atoms with van der Waals surface area (Å²) in [6.45, 7) is 1.90. The maximum absolute atomic E-state index is 6.21. The van der Waals surface area contributed by atoms with Crippen molar-refractivity contribution >= 4 is 34.8 Å². The van der Waals surface area contributed by atoms with Gasteiger partial charge in [0, 0.05) is 11.1 Å². The third-order valence-electron chi connectivity index (χ3n) is 2.74. The van der Waals surface area contributed by atoms with Crippen LogP contribution in [0.2, 0.25) is 15.1 Å². The van der Waals surface area contributed by atoms with Gasteiger partial charge in [0.1, 0.15) is 0 Å². The highest BCUT2D eigenvalue weighted by atomic mass is 35.5. The third-order valence-corrected chi connectivity index (χ3v) is 3.81. The number of halogens is 3. The van der Waals surface area contributed by atoms with Crippen molar-refractivity contribution in [2.45, 2.75) is 13.0 Å². The van der Waals surface area contributed by atoms with Gasteiger partial charge in [-0.15, -0.1) is 0 Å². The first-order chi connectivity index (χ1) is 8.49. The molecular weight excluding hydrogens is 289 g/mol. The summed E-state index contributed by atoms with van der Waals surface area (Å²) in [5.41, 5.74) is 8.72. The largest absolute Gasteiger partial charge is 0.324 e. The molecule has 2 aromatic rings.